The van der Waals surface area contributed by atoms with E-state index in [1.807, 2.05) is 6.07 Å². The molecule has 19 heavy (non-hydrogen) atoms. The maximum atomic E-state index is 10.7. The smallest absolute Gasteiger partial charge is 0.330 e. The fraction of sp³-hybridized carbons (Fsp3) is 0.182. The maximum absolute atomic E-state index is 10.7. The largest absolute Gasteiger partial charge is 0.454 e. The van der Waals surface area contributed by atoms with Crippen molar-refractivity contribution in [2.45, 2.75) is 6.54 Å². The van der Waals surface area contributed by atoms with Crippen LogP contribution < -0.4 is 15.2 Å². The van der Waals surface area contributed by atoms with Crippen molar-refractivity contribution in [1.29, 1.82) is 0 Å². The van der Waals surface area contributed by atoms with Gasteiger partial charge in [-0.3, -0.25) is 10.1 Å². The minimum Gasteiger partial charge on any atom is -0.454 e. The third kappa shape index (κ3) is 1.92. The van der Waals surface area contributed by atoms with Crippen molar-refractivity contribution < 1.29 is 14.4 Å². The van der Waals surface area contributed by atoms with E-state index < -0.39 is 4.92 Å². The molecule has 0 atom stereocenters. The lowest BCUT2D eigenvalue weighted by atomic mass is 10.2. The molecule has 0 unspecified atom stereocenters. The van der Waals surface area contributed by atoms with Gasteiger partial charge >= 0.3 is 5.69 Å². The number of nitro groups is 1. The van der Waals surface area contributed by atoms with E-state index in [2.05, 4.69) is 5.10 Å². The molecule has 0 radical (unpaired) electrons. The van der Waals surface area contributed by atoms with Crippen molar-refractivity contribution in [3.8, 4) is 11.5 Å². The summed E-state index contributed by atoms with van der Waals surface area (Å²) in [6.07, 6.45) is 1.14. The van der Waals surface area contributed by atoms with Crippen LogP contribution in [0.3, 0.4) is 0 Å². The molecule has 0 fully saturated rings. The lowest BCUT2D eigenvalue weighted by Crippen LogP contribution is -2.06. The lowest BCUT2D eigenvalue weighted by molar-refractivity contribution is -0.384. The van der Waals surface area contributed by atoms with Gasteiger partial charge in [0.05, 0.1) is 11.5 Å². The predicted molar refractivity (Wildman–Crippen MR) is 65.0 cm³/mol. The van der Waals surface area contributed by atoms with E-state index in [-0.39, 0.29) is 18.3 Å². The number of anilines is 1. The second kappa shape index (κ2) is 4.16. The van der Waals surface area contributed by atoms with Gasteiger partial charge in [0.1, 0.15) is 6.20 Å². The van der Waals surface area contributed by atoms with Crippen LogP contribution in [0.15, 0.2) is 24.4 Å². The molecule has 1 aliphatic rings. The van der Waals surface area contributed by atoms with E-state index >= 15 is 0 Å². The highest BCUT2D eigenvalue weighted by atomic mass is 16.7. The molecule has 2 N–H and O–H groups in total. The fourth-order valence-corrected chi connectivity index (χ4v) is 1.86. The number of nitrogen functional groups attached to an aromatic ring is 1. The third-order valence-corrected chi connectivity index (χ3v) is 2.83. The van der Waals surface area contributed by atoms with Crippen LogP contribution in [-0.4, -0.2) is 21.5 Å². The van der Waals surface area contributed by atoms with Crippen molar-refractivity contribution in [2.24, 2.45) is 0 Å². The van der Waals surface area contributed by atoms with Gasteiger partial charge in [-0.15, -0.1) is 0 Å². The van der Waals surface area contributed by atoms with Gasteiger partial charge in [-0.05, 0) is 17.7 Å². The molecular weight excluding hydrogens is 252 g/mol. The van der Waals surface area contributed by atoms with E-state index in [9.17, 15) is 10.1 Å². The Balaban J connectivity index is 1.87. The summed E-state index contributed by atoms with van der Waals surface area (Å²) in [4.78, 5) is 10.1. The number of nitrogens with two attached hydrogens (primary N) is 1. The first-order valence-corrected chi connectivity index (χ1v) is 5.49. The monoisotopic (exact) mass is 262 g/mol. The molecule has 2 aromatic rings. The number of aromatic nitrogens is 2. The Morgan fingerprint density at radius 3 is 2.95 bits per heavy atom. The molecule has 1 aliphatic heterocycles. The Hall–Kier alpha value is -2.77. The average molecular weight is 262 g/mol. The Morgan fingerprint density at radius 1 is 1.42 bits per heavy atom. The van der Waals surface area contributed by atoms with Crippen molar-refractivity contribution >= 4 is 11.5 Å². The van der Waals surface area contributed by atoms with Crippen molar-refractivity contribution in [3.05, 3.63) is 40.1 Å². The zero-order valence-electron chi connectivity index (χ0n) is 9.78. The number of hydrogen-bond donors (Lipinski definition) is 1. The average Bonchev–Trinajstić information content (AvgIpc) is 2.96. The SMILES string of the molecule is Nc1c([N+](=O)[O-])cnn1Cc1ccc2c(c1)OCO2. The molecule has 1 aromatic heterocycles. The topological polar surface area (TPSA) is 105 Å². The molecular formula is C11H10N4O4. The highest BCUT2D eigenvalue weighted by Gasteiger charge is 2.18. The van der Waals surface area contributed by atoms with Gasteiger partial charge in [0.15, 0.2) is 11.5 Å². The standard InChI is InChI=1S/C11H10N4O4/c12-11-8(15(16)17)4-13-14(11)5-7-1-2-9-10(3-7)19-6-18-9/h1-4H,5-6,12H2. The molecule has 3 rings (SSSR count). The Bertz CT molecular complexity index is 652. The van der Waals surface area contributed by atoms with Crippen molar-refractivity contribution in [2.75, 3.05) is 12.5 Å². The summed E-state index contributed by atoms with van der Waals surface area (Å²) in [5, 5.41) is 14.6. The maximum Gasteiger partial charge on any atom is 0.330 e. The third-order valence-electron chi connectivity index (χ3n) is 2.83. The number of rotatable bonds is 3. The van der Waals surface area contributed by atoms with Gasteiger partial charge in [-0.2, -0.15) is 5.10 Å². The molecule has 0 aliphatic carbocycles. The normalized spacial score (nSPS) is 12.6. The van der Waals surface area contributed by atoms with Crippen LogP contribution in [0.1, 0.15) is 5.56 Å². The van der Waals surface area contributed by atoms with Gasteiger partial charge in [0.2, 0.25) is 12.6 Å². The van der Waals surface area contributed by atoms with Crippen LogP contribution >= 0.6 is 0 Å². The highest BCUT2D eigenvalue weighted by Crippen LogP contribution is 2.33. The van der Waals surface area contributed by atoms with E-state index in [0.29, 0.717) is 18.0 Å². The lowest BCUT2D eigenvalue weighted by Gasteiger charge is -2.04. The second-order valence-electron chi connectivity index (χ2n) is 4.02. The molecule has 98 valence electrons. The van der Waals surface area contributed by atoms with Gasteiger partial charge in [0, 0.05) is 0 Å². The number of fused-ring (bicyclic) bond motifs is 1. The first-order chi connectivity index (χ1) is 9.15. The highest BCUT2D eigenvalue weighted by molar-refractivity contribution is 5.52. The van der Waals surface area contributed by atoms with Crippen LogP contribution in [0, 0.1) is 10.1 Å². The van der Waals surface area contributed by atoms with E-state index in [0.717, 1.165) is 11.8 Å². The molecule has 0 spiro atoms. The predicted octanol–water partition coefficient (Wildman–Crippen LogP) is 1.15. The quantitative estimate of drug-likeness (QED) is 0.657. The fourth-order valence-electron chi connectivity index (χ4n) is 1.86. The summed E-state index contributed by atoms with van der Waals surface area (Å²) in [6, 6.07) is 5.42. The van der Waals surface area contributed by atoms with E-state index in [1.54, 1.807) is 12.1 Å². The summed E-state index contributed by atoms with van der Waals surface area (Å²) in [7, 11) is 0. The minimum atomic E-state index is -0.557. The molecule has 0 amide bonds. The van der Waals surface area contributed by atoms with Gasteiger partial charge < -0.3 is 15.2 Å². The van der Waals surface area contributed by atoms with Crippen LogP contribution in [-0.2, 0) is 6.54 Å². The summed E-state index contributed by atoms with van der Waals surface area (Å²) in [5.41, 5.74) is 6.34. The molecule has 0 saturated carbocycles. The minimum absolute atomic E-state index is 0.0302. The van der Waals surface area contributed by atoms with Crippen molar-refractivity contribution in [3.63, 3.8) is 0 Å². The number of nitrogens with zero attached hydrogens (tertiary/aromatic N) is 3. The zero-order chi connectivity index (χ0) is 13.4. The second-order valence-corrected chi connectivity index (χ2v) is 4.02. The molecule has 8 heteroatoms. The number of hydrogen-bond acceptors (Lipinski definition) is 6. The molecule has 0 bridgehead atoms. The first-order valence-electron chi connectivity index (χ1n) is 5.49. The van der Waals surface area contributed by atoms with Gasteiger partial charge in [-0.1, -0.05) is 6.07 Å². The zero-order valence-corrected chi connectivity index (χ0v) is 9.78. The van der Waals surface area contributed by atoms with E-state index in [1.165, 1.54) is 4.68 Å². The number of benzene rings is 1. The Morgan fingerprint density at radius 2 is 2.21 bits per heavy atom. The van der Waals surface area contributed by atoms with Crippen LogP contribution in [0.5, 0.6) is 11.5 Å². The molecule has 0 saturated heterocycles. The summed E-state index contributed by atoms with van der Waals surface area (Å²) < 4.78 is 11.8. The summed E-state index contributed by atoms with van der Waals surface area (Å²) in [6.45, 7) is 0.532. The Kier molecular flexibility index (Phi) is 2.48. The summed E-state index contributed by atoms with van der Waals surface area (Å²) >= 11 is 0. The number of ether oxygens (including phenoxy) is 2. The van der Waals surface area contributed by atoms with Crippen LogP contribution in [0.25, 0.3) is 0 Å². The Labute approximate surface area is 107 Å². The molecule has 8 nitrogen and oxygen atoms in total. The molecule has 2 heterocycles. The van der Waals surface area contributed by atoms with E-state index in [4.69, 9.17) is 15.2 Å². The first kappa shape index (κ1) is 11.3. The van der Waals surface area contributed by atoms with Gasteiger partial charge in [-0.25, -0.2) is 4.68 Å². The van der Waals surface area contributed by atoms with Crippen LogP contribution in [0.4, 0.5) is 11.5 Å². The summed E-state index contributed by atoms with van der Waals surface area (Å²) in [5.74, 6) is 1.36. The van der Waals surface area contributed by atoms with Crippen molar-refractivity contribution in [1.82, 2.24) is 9.78 Å². The molecule has 1 aromatic carbocycles. The van der Waals surface area contributed by atoms with Crippen LogP contribution in [0.2, 0.25) is 0 Å². The van der Waals surface area contributed by atoms with Gasteiger partial charge in [0.25, 0.3) is 0 Å².